The highest BCUT2D eigenvalue weighted by Crippen LogP contribution is 2.51. The van der Waals surface area contributed by atoms with E-state index >= 15 is 0 Å². The molecule has 3 aliphatic rings. The molecule has 0 radical (unpaired) electrons. The minimum Gasteiger partial charge on any atom is -0.428 e. The van der Waals surface area contributed by atoms with E-state index < -0.39 is 11.8 Å². The number of nitrogens with zero attached hydrogens (tertiary/aromatic N) is 2. The lowest BCUT2D eigenvalue weighted by molar-refractivity contribution is 0.00661. The third-order valence-corrected chi connectivity index (χ3v) is 11.0. The van der Waals surface area contributed by atoms with Crippen LogP contribution in [-0.4, -0.2) is 31.9 Å². The Morgan fingerprint density at radius 1 is 0.800 bits per heavy atom. The molecule has 0 saturated heterocycles. The molecule has 0 bridgehead atoms. The zero-order valence-electron chi connectivity index (χ0n) is 31.1. The van der Waals surface area contributed by atoms with Gasteiger partial charge in [0.1, 0.15) is 11.4 Å². The van der Waals surface area contributed by atoms with Gasteiger partial charge in [0.15, 0.2) is 0 Å². The van der Waals surface area contributed by atoms with Crippen LogP contribution in [-0.2, 0) is 20.3 Å². The summed E-state index contributed by atoms with van der Waals surface area (Å²) in [6, 6.07) is 26.3. The Balaban J connectivity index is 1.28. The summed E-state index contributed by atoms with van der Waals surface area (Å²) in [5.41, 5.74) is 7.42. The Hall–Kier alpha value is -4.77. The molecule has 0 aromatic heterocycles. The van der Waals surface area contributed by atoms with Crippen LogP contribution >= 0.6 is 0 Å². The molecule has 4 aromatic carbocycles. The van der Waals surface area contributed by atoms with Gasteiger partial charge in [0.2, 0.25) is 0 Å². The summed E-state index contributed by atoms with van der Waals surface area (Å²) in [7, 11) is 4.33. The highest BCUT2D eigenvalue weighted by molar-refractivity contribution is 5.95. The molecule has 5 nitrogen and oxygen atoms in total. The van der Waals surface area contributed by atoms with Crippen molar-refractivity contribution in [1.29, 1.82) is 0 Å². The number of allylic oxidation sites excluding steroid dienone is 6. The zero-order chi connectivity index (χ0) is 35.6. The number of anilines is 2. The van der Waals surface area contributed by atoms with Crippen LogP contribution in [0.25, 0.3) is 21.5 Å². The van der Waals surface area contributed by atoms with Gasteiger partial charge in [-0.1, -0.05) is 107 Å². The van der Waals surface area contributed by atoms with Crippen molar-refractivity contribution in [3.05, 3.63) is 131 Å². The fourth-order valence-electron chi connectivity index (χ4n) is 8.67. The molecule has 0 saturated carbocycles. The number of likely N-dealkylation sites (N-methyl/N-ethyl adjacent to an activating group) is 2. The van der Waals surface area contributed by atoms with E-state index in [2.05, 4.69) is 149 Å². The van der Waals surface area contributed by atoms with Crippen LogP contribution < -0.4 is 9.80 Å². The van der Waals surface area contributed by atoms with Gasteiger partial charge in [-0.3, -0.25) is 0 Å². The van der Waals surface area contributed by atoms with Gasteiger partial charge in [0, 0.05) is 42.0 Å². The van der Waals surface area contributed by atoms with Crippen molar-refractivity contribution in [2.45, 2.75) is 90.2 Å². The Morgan fingerprint density at radius 2 is 1.42 bits per heavy atom. The van der Waals surface area contributed by atoms with Gasteiger partial charge in [-0.15, -0.1) is 0 Å². The molecule has 1 atom stereocenters. The average Bonchev–Trinajstić information content (AvgIpc) is 3.39. The normalized spacial score (nSPS) is 21.5. The quantitative estimate of drug-likeness (QED) is 0.203. The molecule has 0 amide bonds. The molecular formula is C45H50N2O3. The summed E-state index contributed by atoms with van der Waals surface area (Å²) in [4.78, 5) is 17.9. The average molecular weight is 667 g/mol. The van der Waals surface area contributed by atoms with Gasteiger partial charge in [-0.25, -0.2) is 4.79 Å². The fourth-order valence-corrected chi connectivity index (χ4v) is 8.67. The third kappa shape index (κ3) is 5.71. The minimum absolute atomic E-state index is 0.122. The standard InChI is InChI=1S/C45H50N2O3/c1-43(2,3)50-42(48)49-41-31(23-27-37-44(4,5)39-33-19-12-10-15-29(33)21-25-35(39)46(37)8)17-14-18-32(41)24-28-38-45(6,7)40-34-20-13-11-16-30(34)22-26-36(40)47(38)9/h10-13,15-16,19-28,37H,14,17-18H2,1-9H3/b27-23+,32-24+,38-28+. The van der Waals surface area contributed by atoms with Gasteiger partial charge in [-0.2, -0.15) is 0 Å². The van der Waals surface area contributed by atoms with E-state index in [0.717, 1.165) is 30.4 Å². The van der Waals surface area contributed by atoms with E-state index in [-0.39, 0.29) is 16.9 Å². The second-order valence-electron chi connectivity index (χ2n) is 16.2. The van der Waals surface area contributed by atoms with Gasteiger partial charge >= 0.3 is 6.16 Å². The van der Waals surface area contributed by atoms with Crippen molar-refractivity contribution in [3.8, 4) is 0 Å². The largest absolute Gasteiger partial charge is 0.514 e. The minimum atomic E-state index is -0.673. The summed E-state index contributed by atoms with van der Waals surface area (Å²) in [5.74, 6) is 0.612. The van der Waals surface area contributed by atoms with Crippen LogP contribution in [0.15, 0.2) is 120 Å². The Kier molecular flexibility index (Phi) is 8.24. The van der Waals surface area contributed by atoms with Crippen molar-refractivity contribution in [2.24, 2.45) is 0 Å². The van der Waals surface area contributed by atoms with E-state index in [1.807, 2.05) is 20.8 Å². The van der Waals surface area contributed by atoms with Crippen molar-refractivity contribution in [2.75, 3.05) is 23.9 Å². The molecule has 50 heavy (non-hydrogen) atoms. The zero-order valence-corrected chi connectivity index (χ0v) is 31.1. The van der Waals surface area contributed by atoms with E-state index in [1.54, 1.807) is 0 Å². The number of carbonyl (C=O) groups excluding carboxylic acids is 1. The SMILES string of the molecule is CN1/C(=C/C=C2\CCCC(/C=C/C3N(C)c4ccc5ccccc5c4C3(C)C)=C2OC(=O)OC(C)(C)C)C(C)(C)c2c1ccc1ccccc21. The maximum absolute atomic E-state index is 13.2. The fraction of sp³-hybridized carbons (Fsp3) is 0.356. The van der Waals surface area contributed by atoms with E-state index in [0.29, 0.717) is 5.76 Å². The molecular weight excluding hydrogens is 617 g/mol. The van der Waals surface area contributed by atoms with Crippen LogP contribution in [0.1, 0.15) is 78.9 Å². The van der Waals surface area contributed by atoms with Crippen molar-refractivity contribution >= 4 is 39.1 Å². The van der Waals surface area contributed by atoms with E-state index in [1.165, 1.54) is 49.7 Å². The summed E-state index contributed by atoms with van der Waals surface area (Å²) < 4.78 is 11.8. The first-order chi connectivity index (χ1) is 23.7. The number of hydrogen-bond donors (Lipinski definition) is 0. The lowest BCUT2D eigenvalue weighted by atomic mass is 9.78. The van der Waals surface area contributed by atoms with Gasteiger partial charge in [0.25, 0.3) is 0 Å². The van der Waals surface area contributed by atoms with Gasteiger partial charge < -0.3 is 19.3 Å². The highest BCUT2D eigenvalue weighted by atomic mass is 16.7. The van der Waals surface area contributed by atoms with E-state index in [9.17, 15) is 4.79 Å². The Bertz CT molecular complexity index is 2140. The summed E-state index contributed by atoms with van der Waals surface area (Å²) in [6.07, 6.45) is 10.8. The van der Waals surface area contributed by atoms with E-state index in [4.69, 9.17) is 9.47 Å². The third-order valence-electron chi connectivity index (χ3n) is 11.0. The second kappa shape index (κ2) is 12.2. The molecule has 0 N–H and O–H groups in total. The molecule has 2 aliphatic heterocycles. The number of benzene rings is 4. The lowest BCUT2D eigenvalue weighted by Crippen LogP contribution is -2.37. The molecule has 258 valence electrons. The highest BCUT2D eigenvalue weighted by Gasteiger charge is 2.43. The van der Waals surface area contributed by atoms with Crippen molar-refractivity contribution in [3.63, 3.8) is 0 Å². The molecule has 1 unspecified atom stereocenters. The van der Waals surface area contributed by atoms with Crippen molar-refractivity contribution < 1.29 is 14.3 Å². The number of carbonyl (C=O) groups is 1. The van der Waals surface area contributed by atoms with Crippen molar-refractivity contribution in [1.82, 2.24) is 0 Å². The monoisotopic (exact) mass is 666 g/mol. The summed E-state index contributed by atoms with van der Waals surface area (Å²) in [5, 5.41) is 5.10. The number of fused-ring (bicyclic) bond motifs is 6. The van der Waals surface area contributed by atoms with Crippen LogP contribution in [0, 0.1) is 0 Å². The molecule has 2 heterocycles. The Morgan fingerprint density at radius 3 is 2.08 bits per heavy atom. The molecule has 4 aromatic rings. The smallest absolute Gasteiger partial charge is 0.428 e. The van der Waals surface area contributed by atoms with Gasteiger partial charge in [0.05, 0.1) is 6.04 Å². The molecule has 0 fully saturated rings. The second-order valence-corrected chi connectivity index (χ2v) is 16.2. The first-order valence-corrected chi connectivity index (χ1v) is 17.9. The molecule has 7 rings (SSSR count). The molecule has 5 heteroatoms. The predicted octanol–water partition coefficient (Wildman–Crippen LogP) is 11.3. The lowest BCUT2D eigenvalue weighted by Gasteiger charge is -2.30. The number of rotatable bonds is 4. The predicted molar refractivity (Wildman–Crippen MR) is 208 cm³/mol. The summed E-state index contributed by atoms with van der Waals surface area (Å²) in [6.45, 7) is 14.9. The molecule has 1 aliphatic carbocycles. The van der Waals surface area contributed by atoms with Crippen LogP contribution in [0.4, 0.5) is 16.2 Å². The number of hydrogen-bond acceptors (Lipinski definition) is 5. The summed E-state index contributed by atoms with van der Waals surface area (Å²) >= 11 is 0. The van der Waals surface area contributed by atoms with Gasteiger partial charge in [-0.05, 0) is 102 Å². The van der Waals surface area contributed by atoms with Crippen LogP contribution in [0.5, 0.6) is 0 Å². The number of ether oxygens (including phenoxy) is 2. The maximum Gasteiger partial charge on any atom is 0.514 e. The maximum atomic E-state index is 13.2. The molecule has 0 spiro atoms. The first kappa shape index (κ1) is 33.7. The van der Waals surface area contributed by atoms with Crippen LogP contribution in [0.2, 0.25) is 0 Å². The Labute approximate surface area is 297 Å². The first-order valence-electron chi connectivity index (χ1n) is 17.9. The van der Waals surface area contributed by atoms with Crippen LogP contribution in [0.3, 0.4) is 0 Å². The topological polar surface area (TPSA) is 42.0 Å².